The van der Waals surface area contributed by atoms with Crippen molar-refractivity contribution in [3.8, 4) is 0 Å². The molecule has 0 nitrogen and oxygen atoms in total. The molecule has 0 aliphatic heterocycles. The van der Waals surface area contributed by atoms with Crippen LogP contribution in [0.1, 0.15) is 51.2 Å². The van der Waals surface area contributed by atoms with Crippen LogP contribution in [0, 0.1) is 11.3 Å². The fraction of sp³-hybridized carbons (Fsp3) is 0.647. The minimum atomic E-state index is 0.298. The van der Waals surface area contributed by atoms with Crippen molar-refractivity contribution in [1.29, 1.82) is 0 Å². The molecule has 0 aromatic heterocycles. The van der Waals surface area contributed by atoms with E-state index in [1.54, 1.807) is 0 Å². The fourth-order valence-electron chi connectivity index (χ4n) is 4.62. The summed E-state index contributed by atoms with van der Waals surface area (Å²) in [6.45, 7) is 7.33. The third-order valence-corrected chi connectivity index (χ3v) is 7.65. The van der Waals surface area contributed by atoms with Crippen molar-refractivity contribution < 1.29 is 0 Å². The molecule has 0 unspecified atom stereocenters. The Morgan fingerprint density at radius 1 is 1.21 bits per heavy atom. The third kappa shape index (κ3) is 2.00. The molecule has 0 saturated heterocycles. The van der Waals surface area contributed by atoms with Crippen molar-refractivity contribution in [3.63, 3.8) is 0 Å². The predicted molar refractivity (Wildman–Crippen MR) is 86.3 cm³/mol. The smallest absolute Gasteiger partial charge is 0.0409 e. The summed E-state index contributed by atoms with van der Waals surface area (Å²) in [4.78, 5) is 0.638. The minimum absolute atomic E-state index is 0.298. The largest absolute Gasteiger partial charge is 0.0885 e. The van der Waals surface area contributed by atoms with Crippen LogP contribution in [0.4, 0.5) is 0 Å². The van der Waals surface area contributed by atoms with Crippen LogP contribution >= 0.6 is 27.5 Å². The lowest BCUT2D eigenvalue weighted by Crippen LogP contribution is -2.52. The van der Waals surface area contributed by atoms with Gasteiger partial charge in [0.2, 0.25) is 0 Å². The zero-order valence-electron chi connectivity index (χ0n) is 12.0. The summed E-state index contributed by atoms with van der Waals surface area (Å²) < 4.78 is 0. The highest BCUT2D eigenvalue weighted by atomic mass is 79.9. The molecule has 1 aromatic rings. The van der Waals surface area contributed by atoms with Crippen molar-refractivity contribution in [1.82, 2.24) is 0 Å². The van der Waals surface area contributed by atoms with Gasteiger partial charge >= 0.3 is 0 Å². The van der Waals surface area contributed by atoms with Crippen LogP contribution in [-0.4, -0.2) is 4.83 Å². The molecule has 0 N–H and O–H groups in total. The minimum Gasteiger partial charge on any atom is -0.0885 e. The Balaban J connectivity index is 2.12. The Kier molecular flexibility index (Phi) is 3.30. The summed E-state index contributed by atoms with van der Waals surface area (Å²) in [5.41, 5.74) is 3.69. The maximum atomic E-state index is 6.26. The van der Waals surface area contributed by atoms with Gasteiger partial charge in [-0.05, 0) is 65.7 Å². The van der Waals surface area contributed by atoms with E-state index in [9.17, 15) is 0 Å². The first-order valence-corrected chi connectivity index (χ1v) is 8.58. The Hall–Kier alpha value is -0.0100. The second-order valence-corrected chi connectivity index (χ2v) is 8.68. The normalized spacial score (nSPS) is 36.5. The summed E-state index contributed by atoms with van der Waals surface area (Å²) >= 11 is 10.2. The molecule has 0 bridgehead atoms. The quantitative estimate of drug-likeness (QED) is 0.527. The fourth-order valence-corrected chi connectivity index (χ4v) is 5.34. The van der Waals surface area contributed by atoms with Gasteiger partial charge in [0.25, 0.3) is 0 Å². The van der Waals surface area contributed by atoms with E-state index in [1.807, 2.05) is 6.07 Å². The van der Waals surface area contributed by atoms with Crippen molar-refractivity contribution >= 4 is 27.5 Å². The van der Waals surface area contributed by atoms with E-state index < -0.39 is 0 Å². The Bertz CT molecular complexity index is 508. The maximum Gasteiger partial charge on any atom is 0.0409 e. The summed E-state index contributed by atoms with van der Waals surface area (Å²) in [7, 11) is 0. The number of rotatable bonds is 0. The highest BCUT2D eigenvalue weighted by Gasteiger charge is 2.52. The molecule has 104 valence electrons. The van der Waals surface area contributed by atoms with E-state index >= 15 is 0 Å². The number of halogens is 2. The summed E-state index contributed by atoms with van der Waals surface area (Å²) in [6.07, 6.45) is 5.03. The molecule has 1 saturated carbocycles. The number of benzene rings is 1. The maximum absolute atomic E-state index is 6.26. The van der Waals surface area contributed by atoms with Gasteiger partial charge in [-0.1, -0.05) is 54.4 Å². The van der Waals surface area contributed by atoms with Crippen molar-refractivity contribution in [3.05, 3.63) is 34.3 Å². The highest BCUT2D eigenvalue weighted by molar-refractivity contribution is 9.09. The standard InChI is InChI=1S/C17H22BrCl/c1-16(2)14-7-5-11-4-6-12(19)10-13(11)17(14,3)9-8-15(16)18/h4,6,10,14-15H,5,7-9H2,1-3H3/t14-,15-,17+/m0/s1. The van der Waals surface area contributed by atoms with Crippen LogP contribution in [0.5, 0.6) is 0 Å². The second kappa shape index (κ2) is 4.49. The third-order valence-electron chi connectivity index (χ3n) is 5.78. The van der Waals surface area contributed by atoms with Gasteiger partial charge in [-0.25, -0.2) is 0 Å². The number of aryl methyl sites for hydroxylation is 1. The van der Waals surface area contributed by atoms with Crippen LogP contribution in [0.2, 0.25) is 5.02 Å². The van der Waals surface area contributed by atoms with Gasteiger partial charge < -0.3 is 0 Å². The molecule has 0 amide bonds. The molecule has 2 heteroatoms. The molecule has 0 radical (unpaired) electrons. The van der Waals surface area contributed by atoms with Crippen LogP contribution in [0.25, 0.3) is 0 Å². The topological polar surface area (TPSA) is 0 Å². The molecule has 0 heterocycles. The zero-order chi connectivity index (χ0) is 13.8. The second-order valence-electron chi connectivity index (χ2n) is 7.14. The van der Waals surface area contributed by atoms with E-state index in [2.05, 4.69) is 48.8 Å². The van der Waals surface area contributed by atoms with Crippen LogP contribution in [0.15, 0.2) is 18.2 Å². The lowest BCUT2D eigenvalue weighted by Gasteiger charge is -2.56. The Morgan fingerprint density at radius 3 is 2.68 bits per heavy atom. The van der Waals surface area contributed by atoms with Gasteiger partial charge in [-0.2, -0.15) is 0 Å². The molecule has 3 rings (SSSR count). The van der Waals surface area contributed by atoms with E-state index in [-0.39, 0.29) is 0 Å². The molecule has 1 aromatic carbocycles. The monoisotopic (exact) mass is 340 g/mol. The van der Waals surface area contributed by atoms with Crippen LogP contribution in [0.3, 0.4) is 0 Å². The number of alkyl halides is 1. The lowest BCUT2D eigenvalue weighted by atomic mass is 9.50. The van der Waals surface area contributed by atoms with Gasteiger partial charge in [0.15, 0.2) is 0 Å². The van der Waals surface area contributed by atoms with E-state index in [0.29, 0.717) is 15.7 Å². The average Bonchev–Trinajstić information content (AvgIpc) is 2.35. The van der Waals surface area contributed by atoms with Crippen molar-refractivity contribution in [2.75, 3.05) is 0 Å². The molecule has 2 aliphatic rings. The van der Waals surface area contributed by atoms with Gasteiger partial charge in [0.05, 0.1) is 0 Å². The van der Waals surface area contributed by atoms with Gasteiger partial charge in [0.1, 0.15) is 0 Å². The van der Waals surface area contributed by atoms with Gasteiger partial charge in [0, 0.05) is 9.85 Å². The molecule has 19 heavy (non-hydrogen) atoms. The van der Waals surface area contributed by atoms with Crippen molar-refractivity contribution in [2.24, 2.45) is 11.3 Å². The van der Waals surface area contributed by atoms with E-state index in [0.717, 1.165) is 10.9 Å². The number of hydrogen-bond acceptors (Lipinski definition) is 0. The van der Waals surface area contributed by atoms with E-state index in [4.69, 9.17) is 11.6 Å². The summed E-state index contributed by atoms with van der Waals surface area (Å²) in [5.74, 6) is 0.740. The first kappa shape index (κ1) is 13.9. The van der Waals surface area contributed by atoms with Gasteiger partial charge in [-0.3, -0.25) is 0 Å². The molecule has 3 atom stereocenters. The average molecular weight is 342 g/mol. The molecular weight excluding hydrogens is 320 g/mol. The zero-order valence-corrected chi connectivity index (χ0v) is 14.3. The first-order valence-electron chi connectivity index (χ1n) is 7.28. The molecule has 2 aliphatic carbocycles. The summed E-state index contributed by atoms with van der Waals surface area (Å²) in [5, 5.41) is 0.888. The SMILES string of the molecule is CC1(C)[C@@H](Br)CC[C@]2(C)c3cc(Cl)ccc3CC[C@@H]12. The molecular formula is C17H22BrCl. The van der Waals surface area contributed by atoms with E-state index in [1.165, 1.54) is 36.8 Å². The van der Waals surface area contributed by atoms with Crippen molar-refractivity contribution in [2.45, 2.75) is 56.7 Å². The first-order chi connectivity index (χ1) is 8.85. The Morgan fingerprint density at radius 2 is 1.95 bits per heavy atom. The van der Waals surface area contributed by atoms with Gasteiger partial charge in [-0.15, -0.1) is 0 Å². The number of fused-ring (bicyclic) bond motifs is 3. The molecule has 1 fully saturated rings. The Labute approximate surface area is 130 Å². The summed E-state index contributed by atoms with van der Waals surface area (Å²) in [6, 6.07) is 6.52. The molecule has 0 spiro atoms. The number of hydrogen-bond donors (Lipinski definition) is 0. The van der Waals surface area contributed by atoms with Crippen LogP contribution in [-0.2, 0) is 11.8 Å². The van der Waals surface area contributed by atoms with Crippen LogP contribution < -0.4 is 0 Å². The lowest BCUT2D eigenvalue weighted by molar-refractivity contribution is 0.0492. The highest BCUT2D eigenvalue weighted by Crippen LogP contribution is 2.58. The predicted octanol–water partition coefficient (Wildman–Crippen LogP) is 5.74.